The molecule has 13 heteroatoms. The van der Waals surface area contributed by atoms with E-state index < -0.39 is 16.7 Å². The van der Waals surface area contributed by atoms with Crippen LogP contribution in [0.1, 0.15) is 21.0 Å². The Morgan fingerprint density at radius 3 is 2.42 bits per heavy atom. The largest absolute Gasteiger partial charge is 0.493 e. The Morgan fingerprint density at radius 1 is 1.06 bits per heavy atom. The average Bonchev–Trinajstić information content (AvgIpc) is 3.31. The number of hydrogen-bond acceptors (Lipinski definition) is 9. The summed E-state index contributed by atoms with van der Waals surface area (Å²) < 4.78 is 15.4. The third kappa shape index (κ3) is 5.54. The van der Waals surface area contributed by atoms with E-state index in [-0.39, 0.29) is 41.1 Å². The molecule has 0 radical (unpaired) electrons. The number of ether oxygens (including phenoxy) is 2. The molecule has 12 nitrogen and oxygen atoms in total. The van der Waals surface area contributed by atoms with Gasteiger partial charge in [-0.15, -0.1) is 0 Å². The average molecular weight is 476 g/mol. The molecule has 0 fully saturated rings. The molecule has 1 heterocycles. The smallest absolute Gasteiger partial charge is 0.316 e. The monoisotopic (exact) mass is 475 g/mol. The molecule has 0 saturated heterocycles. The Morgan fingerprint density at radius 2 is 1.76 bits per heavy atom. The molecule has 0 saturated carbocycles. The van der Waals surface area contributed by atoms with Crippen molar-refractivity contribution >= 4 is 29.1 Å². The lowest BCUT2D eigenvalue weighted by Crippen LogP contribution is -2.34. The van der Waals surface area contributed by atoms with Gasteiger partial charge in [0, 0.05) is 30.3 Å². The van der Waals surface area contributed by atoms with Crippen molar-refractivity contribution in [1.29, 1.82) is 0 Å². The molecule has 0 bridgehead atoms. The first-order valence-electron chi connectivity index (χ1n) is 9.40. The summed E-state index contributed by atoms with van der Waals surface area (Å²) in [6, 6.07) is 8.69. The number of halogens is 1. The van der Waals surface area contributed by atoms with Gasteiger partial charge in [-0.25, -0.2) is 0 Å². The number of rotatable bonds is 9. The first-order valence-corrected chi connectivity index (χ1v) is 9.78. The maximum Gasteiger partial charge on any atom is 0.316 e. The van der Waals surface area contributed by atoms with Gasteiger partial charge in [-0.1, -0.05) is 16.8 Å². The molecule has 2 aromatic carbocycles. The Kier molecular flexibility index (Phi) is 7.41. The van der Waals surface area contributed by atoms with Gasteiger partial charge >= 0.3 is 11.8 Å². The first-order chi connectivity index (χ1) is 15.8. The molecule has 0 aliphatic rings. The van der Waals surface area contributed by atoms with Crippen LogP contribution < -0.4 is 20.1 Å². The lowest BCUT2D eigenvalue weighted by Gasteiger charge is -2.07. The van der Waals surface area contributed by atoms with Crippen LogP contribution in [0, 0.1) is 10.1 Å². The van der Waals surface area contributed by atoms with Gasteiger partial charge in [0.15, 0.2) is 11.5 Å². The van der Waals surface area contributed by atoms with Gasteiger partial charge in [0.2, 0.25) is 5.82 Å². The predicted octanol–water partition coefficient (Wildman–Crippen LogP) is 2.48. The van der Waals surface area contributed by atoms with Crippen molar-refractivity contribution in [3.8, 4) is 22.9 Å². The van der Waals surface area contributed by atoms with E-state index in [4.69, 9.17) is 25.6 Å². The van der Waals surface area contributed by atoms with Crippen molar-refractivity contribution in [2.24, 2.45) is 0 Å². The summed E-state index contributed by atoms with van der Waals surface area (Å²) in [6.07, 6.45) is 0. The van der Waals surface area contributed by atoms with Gasteiger partial charge < -0.3 is 24.6 Å². The highest BCUT2D eigenvalue weighted by molar-refractivity contribution is 6.32. The fourth-order valence-electron chi connectivity index (χ4n) is 2.73. The fourth-order valence-corrected chi connectivity index (χ4v) is 2.92. The molecule has 0 aliphatic heterocycles. The molecule has 172 valence electrons. The standard InChI is InChI=1S/C20H18ClN5O7/c1-31-15-6-4-11(10-16(15)32-2)17-24-20(33-25-17)19(28)23-8-7-22-18(27)12-3-5-13(21)14(9-12)26(29)30/h3-6,9-10H,7-8H2,1-2H3,(H,22,27)(H,23,28). The van der Waals surface area contributed by atoms with E-state index in [9.17, 15) is 19.7 Å². The summed E-state index contributed by atoms with van der Waals surface area (Å²) in [5.74, 6) is -0.285. The van der Waals surface area contributed by atoms with Gasteiger partial charge in [0.05, 0.1) is 19.1 Å². The van der Waals surface area contributed by atoms with Crippen molar-refractivity contribution in [3.05, 3.63) is 63.0 Å². The molecule has 0 spiro atoms. The number of nitro groups is 1. The van der Waals surface area contributed by atoms with Gasteiger partial charge in [0.25, 0.3) is 11.6 Å². The normalized spacial score (nSPS) is 10.4. The van der Waals surface area contributed by atoms with E-state index in [1.54, 1.807) is 18.2 Å². The van der Waals surface area contributed by atoms with Crippen LogP contribution in [0.25, 0.3) is 11.4 Å². The summed E-state index contributed by atoms with van der Waals surface area (Å²) >= 11 is 5.73. The topological polar surface area (TPSA) is 159 Å². The molecule has 3 rings (SSSR count). The van der Waals surface area contributed by atoms with Crippen LogP contribution in [0.2, 0.25) is 5.02 Å². The maximum atomic E-state index is 12.2. The zero-order valence-corrected chi connectivity index (χ0v) is 18.2. The van der Waals surface area contributed by atoms with E-state index in [0.717, 1.165) is 6.07 Å². The maximum absolute atomic E-state index is 12.2. The highest BCUT2D eigenvalue weighted by Gasteiger charge is 2.18. The molecule has 0 unspecified atom stereocenters. The summed E-state index contributed by atoms with van der Waals surface area (Å²) in [5, 5.41) is 19.7. The highest BCUT2D eigenvalue weighted by atomic mass is 35.5. The Labute approximate surface area is 192 Å². The lowest BCUT2D eigenvalue weighted by atomic mass is 10.2. The summed E-state index contributed by atoms with van der Waals surface area (Å²) in [7, 11) is 3.00. The molecular weight excluding hydrogens is 458 g/mol. The summed E-state index contributed by atoms with van der Waals surface area (Å²) in [6.45, 7) is 0.103. The third-order valence-corrected chi connectivity index (χ3v) is 4.68. The number of methoxy groups -OCH3 is 2. The quantitative estimate of drug-likeness (QED) is 0.269. The van der Waals surface area contributed by atoms with Gasteiger partial charge in [0.1, 0.15) is 5.02 Å². The number of benzene rings is 2. The number of nitrogens with zero attached hydrogens (tertiary/aromatic N) is 3. The van der Waals surface area contributed by atoms with Crippen LogP contribution in [0.4, 0.5) is 5.69 Å². The second-order valence-corrected chi connectivity index (χ2v) is 6.84. The third-order valence-electron chi connectivity index (χ3n) is 4.36. The van der Waals surface area contributed by atoms with Crippen LogP contribution >= 0.6 is 11.6 Å². The molecule has 1 aromatic heterocycles. The van der Waals surface area contributed by atoms with E-state index in [1.165, 1.54) is 26.4 Å². The number of hydrogen-bond donors (Lipinski definition) is 2. The molecule has 3 aromatic rings. The molecule has 0 atom stereocenters. The van der Waals surface area contributed by atoms with E-state index >= 15 is 0 Å². The molecule has 2 amide bonds. The van der Waals surface area contributed by atoms with Gasteiger partial charge in [-0.05, 0) is 30.3 Å². The van der Waals surface area contributed by atoms with Crippen molar-refractivity contribution in [1.82, 2.24) is 20.8 Å². The van der Waals surface area contributed by atoms with Crippen LogP contribution in [-0.4, -0.2) is 54.2 Å². The minimum absolute atomic E-state index is 0.0499. The zero-order valence-electron chi connectivity index (χ0n) is 17.5. The van der Waals surface area contributed by atoms with E-state index in [0.29, 0.717) is 17.1 Å². The molecular formula is C20H18ClN5O7. The highest BCUT2D eigenvalue weighted by Crippen LogP contribution is 2.31. The number of carbonyl (C=O) groups excluding carboxylic acids is 2. The summed E-state index contributed by atoms with van der Waals surface area (Å²) in [4.78, 5) is 38.7. The van der Waals surface area contributed by atoms with Crippen molar-refractivity contribution in [3.63, 3.8) is 0 Å². The molecule has 2 N–H and O–H groups in total. The van der Waals surface area contributed by atoms with Crippen molar-refractivity contribution in [2.45, 2.75) is 0 Å². The second-order valence-electron chi connectivity index (χ2n) is 6.43. The molecule has 33 heavy (non-hydrogen) atoms. The number of nitro benzene ring substituents is 1. The Bertz CT molecular complexity index is 1200. The van der Waals surface area contributed by atoms with Crippen molar-refractivity contribution < 1.29 is 28.5 Å². The van der Waals surface area contributed by atoms with E-state index in [1.807, 2.05) is 0 Å². The number of carbonyl (C=O) groups is 2. The number of amides is 2. The van der Waals surface area contributed by atoms with Crippen LogP contribution in [0.5, 0.6) is 11.5 Å². The number of nitrogens with one attached hydrogen (secondary N) is 2. The second kappa shape index (κ2) is 10.4. The summed E-state index contributed by atoms with van der Waals surface area (Å²) in [5.41, 5.74) is 0.243. The Hall–Kier alpha value is -4.19. The van der Waals surface area contributed by atoms with Gasteiger partial charge in [-0.2, -0.15) is 4.98 Å². The predicted molar refractivity (Wildman–Crippen MR) is 116 cm³/mol. The lowest BCUT2D eigenvalue weighted by molar-refractivity contribution is -0.384. The number of aromatic nitrogens is 2. The minimum atomic E-state index is -0.681. The van der Waals surface area contributed by atoms with Crippen molar-refractivity contribution in [2.75, 3.05) is 27.3 Å². The SMILES string of the molecule is COc1ccc(-c2noc(C(=O)NCCNC(=O)c3ccc(Cl)c([N+](=O)[O-])c3)n2)cc1OC. The van der Waals surface area contributed by atoms with Gasteiger partial charge in [-0.3, -0.25) is 19.7 Å². The van der Waals surface area contributed by atoms with Crippen LogP contribution in [-0.2, 0) is 0 Å². The first kappa shape index (κ1) is 23.5. The van der Waals surface area contributed by atoms with Crippen LogP contribution in [0.3, 0.4) is 0 Å². The molecule has 0 aliphatic carbocycles. The van der Waals surface area contributed by atoms with Crippen LogP contribution in [0.15, 0.2) is 40.9 Å². The fraction of sp³-hybridized carbons (Fsp3) is 0.200. The Balaban J connectivity index is 1.54. The minimum Gasteiger partial charge on any atom is -0.493 e. The zero-order chi connectivity index (χ0) is 24.0. The van der Waals surface area contributed by atoms with E-state index in [2.05, 4.69) is 20.8 Å².